The van der Waals surface area contributed by atoms with E-state index in [9.17, 15) is 19.5 Å². The van der Waals surface area contributed by atoms with E-state index in [-0.39, 0.29) is 24.0 Å². The van der Waals surface area contributed by atoms with Gasteiger partial charge in [0.2, 0.25) is 11.8 Å². The van der Waals surface area contributed by atoms with Gasteiger partial charge in [0, 0.05) is 11.5 Å². The highest BCUT2D eigenvalue weighted by Crippen LogP contribution is 2.65. The number of nitrogens with one attached hydrogen (secondary N) is 1. The van der Waals surface area contributed by atoms with Crippen LogP contribution < -0.4 is 10.3 Å². The number of allylic oxidation sites excluding steroid dienone is 2. The van der Waals surface area contributed by atoms with Crippen molar-refractivity contribution < 1.29 is 24.3 Å². The molecule has 250 valence electrons. The van der Waals surface area contributed by atoms with E-state index < -0.39 is 46.8 Å². The minimum absolute atomic E-state index is 0.0400. The molecular weight excluding hydrogens is 626 g/mol. The van der Waals surface area contributed by atoms with Crippen molar-refractivity contribution >= 4 is 41.1 Å². The van der Waals surface area contributed by atoms with Crippen LogP contribution in [-0.2, 0) is 24.6 Å². The Morgan fingerprint density at radius 2 is 1.54 bits per heavy atom. The fourth-order valence-electron chi connectivity index (χ4n) is 9.02. The Kier molecular flexibility index (Phi) is 7.37. The maximum atomic E-state index is 15.2. The van der Waals surface area contributed by atoms with Gasteiger partial charge in [-0.05, 0) is 73.6 Å². The number of fused-ring (bicyclic) bond motifs is 4. The fraction of sp³-hybridized carbons (Fsp3) is 0.238. The summed E-state index contributed by atoms with van der Waals surface area (Å²) in [6, 6.07) is 29.4. The van der Waals surface area contributed by atoms with Gasteiger partial charge in [-0.25, -0.2) is 0 Å². The van der Waals surface area contributed by atoms with Crippen LogP contribution in [0.2, 0.25) is 0 Å². The molecule has 8 rings (SSSR count). The van der Waals surface area contributed by atoms with Gasteiger partial charge < -0.3 is 5.11 Å². The van der Waals surface area contributed by atoms with E-state index in [1.54, 1.807) is 31.2 Å². The minimum Gasteiger partial charge on any atom is -0.507 e. The Balaban J connectivity index is 1.31. The Morgan fingerprint density at radius 3 is 2.24 bits per heavy atom. The summed E-state index contributed by atoms with van der Waals surface area (Å²) in [5.74, 6) is -4.93. The summed E-state index contributed by atoms with van der Waals surface area (Å²) in [7, 11) is 0. The third-order valence-electron chi connectivity index (χ3n) is 11.4. The SMILES string of the molecule is C=Cc1ccc(N2C(=O)[C@H]3[C@H](CC=C4[C@H]3C[C@H]3C(=O)N(Nc5ccc(C)cc5)C(=O)[C@@]3(c3ccccc3)[C@H]4c3cccc(C)c3O)C2=O)cc1. The number of phenolic OH excluding ortho intramolecular Hbond substituents is 1. The van der Waals surface area contributed by atoms with Crippen molar-refractivity contribution in [3.8, 4) is 5.75 Å². The second-order valence-electron chi connectivity index (χ2n) is 13.9. The van der Waals surface area contributed by atoms with E-state index in [0.717, 1.165) is 21.7 Å². The predicted molar refractivity (Wildman–Crippen MR) is 191 cm³/mol. The number of hydrogen-bond acceptors (Lipinski definition) is 6. The van der Waals surface area contributed by atoms with Crippen LogP contribution >= 0.6 is 0 Å². The summed E-state index contributed by atoms with van der Waals surface area (Å²) in [6.07, 6.45) is 4.19. The van der Waals surface area contributed by atoms with Crippen LogP contribution in [0.5, 0.6) is 5.75 Å². The number of phenols is 1. The molecule has 8 nitrogen and oxygen atoms in total. The van der Waals surface area contributed by atoms with Gasteiger partial charge in [0.1, 0.15) is 5.75 Å². The number of benzene rings is 4. The van der Waals surface area contributed by atoms with E-state index in [0.29, 0.717) is 34.5 Å². The molecule has 4 aromatic carbocycles. The molecule has 6 atom stereocenters. The van der Waals surface area contributed by atoms with Crippen LogP contribution in [-0.4, -0.2) is 33.7 Å². The molecule has 1 saturated carbocycles. The summed E-state index contributed by atoms with van der Waals surface area (Å²) in [6.45, 7) is 7.57. The zero-order valence-electron chi connectivity index (χ0n) is 27.9. The lowest BCUT2D eigenvalue weighted by Gasteiger charge is -2.50. The standard InChI is InChI=1S/C42H37N3O5/c1-4-26-15-19-29(20-16-26)44-38(47)31-22-21-30-33(35(31)40(44)49)23-34-39(48)45(43-28-17-13-24(2)14-18-28)41(50)42(34,27-10-6-5-7-11-27)36(30)32-12-8-9-25(3)37(32)46/h4-21,31,33-36,43,46H,1,22-23H2,2-3H3/t31-,33+,34-,35-,36+,42+/m0/s1. The Labute approximate surface area is 290 Å². The van der Waals surface area contributed by atoms with Crippen LogP contribution in [0.4, 0.5) is 11.4 Å². The molecular formula is C42H37N3O5. The highest BCUT2D eigenvalue weighted by Gasteiger charge is 2.70. The Hall–Kier alpha value is -5.76. The maximum Gasteiger partial charge on any atom is 0.260 e. The first-order chi connectivity index (χ1) is 24.2. The van der Waals surface area contributed by atoms with Crippen LogP contribution in [0, 0.1) is 37.5 Å². The molecule has 2 heterocycles. The minimum atomic E-state index is -1.44. The number of imide groups is 2. The number of anilines is 2. The molecule has 2 aliphatic heterocycles. The first-order valence-electron chi connectivity index (χ1n) is 17.0. The average molecular weight is 664 g/mol. The van der Waals surface area contributed by atoms with Crippen molar-refractivity contribution in [1.29, 1.82) is 0 Å². The zero-order valence-corrected chi connectivity index (χ0v) is 27.9. The molecule has 4 aliphatic rings. The van der Waals surface area contributed by atoms with Gasteiger partial charge in [0.25, 0.3) is 11.8 Å². The number of para-hydroxylation sites is 1. The summed E-state index contributed by atoms with van der Waals surface area (Å²) in [5.41, 5.74) is 7.25. The molecule has 2 saturated heterocycles. The van der Waals surface area contributed by atoms with Crippen molar-refractivity contribution in [2.24, 2.45) is 23.7 Å². The Bertz CT molecular complexity index is 2110. The molecule has 2 aliphatic carbocycles. The van der Waals surface area contributed by atoms with Crippen molar-refractivity contribution in [3.05, 3.63) is 143 Å². The monoisotopic (exact) mass is 663 g/mol. The first kappa shape index (κ1) is 31.5. The fourth-order valence-corrected chi connectivity index (χ4v) is 9.02. The zero-order chi connectivity index (χ0) is 34.9. The quantitative estimate of drug-likeness (QED) is 0.173. The lowest BCUT2D eigenvalue weighted by molar-refractivity contribution is -0.138. The van der Waals surface area contributed by atoms with Gasteiger partial charge in [-0.15, -0.1) is 0 Å². The number of carbonyl (C=O) groups excluding carboxylic acids is 4. The Morgan fingerprint density at radius 1 is 0.820 bits per heavy atom. The number of rotatable bonds is 6. The third kappa shape index (κ3) is 4.44. The van der Waals surface area contributed by atoms with Crippen LogP contribution in [0.25, 0.3) is 6.08 Å². The highest BCUT2D eigenvalue weighted by molar-refractivity contribution is 6.22. The molecule has 0 radical (unpaired) electrons. The maximum absolute atomic E-state index is 15.2. The summed E-state index contributed by atoms with van der Waals surface area (Å²) >= 11 is 0. The van der Waals surface area contributed by atoms with Crippen molar-refractivity contribution in [2.75, 3.05) is 10.3 Å². The molecule has 0 aromatic heterocycles. The van der Waals surface area contributed by atoms with E-state index in [2.05, 4.69) is 12.0 Å². The van der Waals surface area contributed by atoms with Gasteiger partial charge in [-0.3, -0.25) is 29.5 Å². The normalized spacial score (nSPS) is 27.1. The second kappa shape index (κ2) is 11.7. The average Bonchev–Trinajstić information content (AvgIpc) is 3.51. The number of hydrazine groups is 1. The number of amides is 4. The topological polar surface area (TPSA) is 107 Å². The van der Waals surface area contributed by atoms with Crippen LogP contribution in [0.1, 0.15) is 46.6 Å². The summed E-state index contributed by atoms with van der Waals surface area (Å²) in [5, 5.41) is 12.9. The summed E-state index contributed by atoms with van der Waals surface area (Å²) < 4.78 is 0. The lowest BCUT2D eigenvalue weighted by Crippen LogP contribution is -2.53. The molecule has 0 bridgehead atoms. The summed E-state index contributed by atoms with van der Waals surface area (Å²) in [4.78, 5) is 59.8. The largest absolute Gasteiger partial charge is 0.507 e. The van der Waals surface area contributed by atoms with E-state index in [1.165, 1.54) is 4.90 Å². The van der Waals surface area contributed by atoms with Crippen molar-refractivity contribution in [2.45, 2.75) is 38.0 Å². The number of hydrogen-bond donors (Lipinski definition) is 2. The van der Waals surface area contributed by atoms with Gasteiger partial charge in [0.05, 0.1) is 34.5 Å². The van der Waals surface area contributed by atoms with Gasteiger partial charge in [0.15, 0.2) is 0 Å². The molecule has 4 aromatic rings. The molecule has 8 heteroatoms. The van der Waals surface area contributed by atoms with Gasteiger partial charge >= 0.3 is 0 Å². The molecule has 2 N–H and O–H groups in total. The molecule has 4 amide bonds. The molecule has 3 fully saturated rings. The van der Waals surface area contributed by atoms with Crippen molar-refractivity contribution in [1.82, 2.24) is 5.01 Å². The van der Waals surface area contributed by atoms with Gasteiger partial charge in [-0.1, -0.05) is 103 Å². The van der Waals surface area contributed by atoms with E-state index in [4.69, 9.17) is 0 Å². The number of carbonyl (C=O) groups is 4. The number of aryl methyl sites for hydroxylation is 2. The molecule has 0 unspecified atom stereocenters. The molecule has 0 spiro atoms. The molecule has 50 heavy (non-hydrogen) atoms. The van der Waals surface area contributed by atoms with Gasteiger partial charge in [-0.2, -0.15) is 5.01 Å². The smallest absolute Gasteiger partial charge is 0.260 e. The number of nitrogens with zero attached hydrogens (tertiary/aromatic N) is 2. The predicted octanol–water partition coefficient (Wildman–Crippen LogP) is 6.84. The van der Waals surface area contributed by atoms with E-state index in [1.807, 2.05) is 91.9 Å². The van der Waals surface area contributed by atoms with Crippen LogP contribution in [0.15, 0.2) is 115 Å². The highest BCUT2D eigenvalue weighted by atomic mass is 16.3. The van der Waals surface area contributed by atoms with Crippen molar-refractivity contribution in [3.63, 3.8) is 0 Å². The first-order valence-corrected chi connectivity index (χ1v) is 17.0. The lowest BCUT2D eigenvalue weighted by atomic mass is 9.49. The third-order valence-corrected chi connectivity index (χ3v) is 11.4. The second-order valence-corrected chi connectivity index (χ2v) is 13.9. The van der Waals surface area contributed by atoms with E-state index >= 15 is 4.79 Å². The van der Waals surface area contributed by atoms with Crippen LogP contribution in [0.3, 0.4) is 0 Å². The number of aromatic hydroxyl groups is 1.